The summed E-state index contributed by atoms with van der Waals surface area (Å²) < 4.78 is 1.58. The number of aryl methyl sites for hydroxylation is 2. The van der Waals surface area contributed by atoms with Crippen molar-refractivity contribution < 1.29 is 0 Å². The van der Waals surface area contributed by atoms with E-state index in [0.717, 1.165) is 5.82 Å². The highest BCUT2D eigenvalue weighted by atomic mass is 35.5. The van der Waals surface area contributed by atoms with Crippen molar-refractivity contribution in [3.05, 3.63) is 28.9 Å². The van der Waals surface area contributed by atoms with Crippen LogP contribution in [0.2, 0.25) is 5.15 Å². The molecule has 2 aromatic rings. The van der Waals surface area contributed by atoms with Crippen molar-refractivity contribution in [2.24, 2.45) is 0 Å². The van der Waals surface area contributed by atoms with Crippen LogP contribution in [0.15, 0.2) is 12.1 Å². The van der Waals surface area contributed by atoms with Gasteiger partial charge >= 0.3 is 0 Å². The zero-order chi connectivity index (χ0) is 11.0. The second-order valence-electron chi connectivity index (χ2n) is 3.16. The van der Waals surface area contributed by atoms with Gasteiger partial charge in [-0.15, -0.1) is 5.10 Å². The first-order valence-corrected chi connectivity index (χ1v) is 4.78. The van der Waals surface area contributed by atoms with Gasteiger partial charge in [-0.05, 0) is 26.0 Å². The summed E-state index contributed by atoms with van der Waals surface area (Å²) in [4.78, 5) is 8.29. The third-order valence-electron chi connectivity index (χ3n) is 1.95. The fourth-order valence-electron chi connectivity index (χ4n) is 1.33. The molecule has 2 heterocycles. The summed E-state index contributed by atoms with van der Waals surface area (Å²) in [5.41, 5.74) is 6.31. The van der Waals surface area contributed by atoms with Crippen molar-refractivity contribution in [3.8, 4) is 5.82 Å². The van der Waals surface area contributed by atoms with Crippen LogP contribution in [0.3, 0.4) is 0 Å². The maximum Gasteiger partial charge on any atom is 0.180 e. The largest absolute Gasteiger partial charge is 0.396 e. The van der Waals surface area contributed by atoms with Crippen LogP contribution in [0.4, 0.5) is 5.69 Å². The van der Waals surface area contributed by atoms with Crippen LogP contribution in [-0.4, -0.2) is 19.7 Å². The molecule has 0 amide bonds. The van der Waals surface area contributed by atoms with Gasteiger partial charge in [0.2, 0.25) is 0 Å². The molecule has 2 N–H and O–H groups in total. The Morgan fingerprint density at radius 3 is 2.60 bits per heavy atom. The minimum Gasteiger partial charge on any atom is -0.396 e. The molecule has 2 rings (SSSR count). The van der Waals surface area contributed by atoms with E-state index in [4.69, 9.17) is 17.3 Å². The number of nitrogen functional groups attached to an aromatic ring is 1. The Labute approximate surface area is 91.9 Å². The highest BCUT2D eigenvalue weighted by Crippen LogP contribution is 2.18. The zero-order valence-electron chi connectivity index (χ0n) is 8.40. The van der Waals surface area contributed by atoms with E-state index >= 15 is 0 Å². The number of halogens is 1. The van der Waals surface area contributed by atoms with Crippen molar-refractivity contribution >= 4 is 17.3 Å². The van der Waals surface area contributed by atoms with Crippen molar-refractivity contribution in [1.82, 2.24) is 19.7 Å². The molecule has 6 heteroatoms. The van der Waals surface area contributed by atoms with Crippen LogP contribution in [-0.2, 0) is 0 Å². The van der Waals surface area contributed by atoms with Gasteiger partial charge in [0.1, 0.15) is 16.8 Å². The topological polar surface area (TPSA) is 69.6 Å². The number of anilines is 1. The van der Waals surface area contributed by atoms with E-state index in [2.05, 4.69) is 15.1 Å². The maximum absolute atomic E-state index is 5.80. The summed E-state index contributed by atoms with van der Waals surface area (Å²) in [7, 11) is 0. The van der Waals surface area contributed by atoms with Crippen LogP contribution in [0.5, 0.6) is 0 Å². The minimum absolute atomic E-state index is 0.381. The van der Waals surface area contributed by atoms with E-state index in [1.165, 1.54) is 0 Å². The second kappa shape index (κ2) is 3.51. The Morgan fingerprint density at radius 2 is 2.00 bits per heavy atom. The lowest BCUT2D eigenvalue weighted by Gasteiger charge is -2.05. The molecule has 2 aromatic heterocycles. The third kappa shape index (κ3) is 1.78. The van der Waals surface area contributed by atoms with Crippen LogP contribution in [0.25, 0.3) is 5.82 Å². The average molecular weight is 224 g/mol. The molecule has 0 aliphatic carbocycles. The van der Waals surface area contributed by atoms with E-state index in [-0.39, 0.29) is 0 Å². The number of rotatable bonds is 1. The summed E-state index contributed by atoms with van der Waals surface area (Å²) in [6, 6.07) is 3.33. The summed E-state index contributed by atoms with van der Waals surface area (Å²) >= 11 is 5.80. The third-order valence-corrected chi connectivity index (χ3v) is 2.16. The first kappa shape index (κ1) is 9.92. The SMILES string of the molecule is Cc1nc(C)n(-c2nc(Cl)ccc2N)n1. The van der Waals surface area contributed by atoms with Gasteiger partial charge in [0, 0.05) is 0 Å². The summed E-state index contributed by atoms with van der Waals surface area (Å²) in [6.07, 6.45) is 0. The summed E-state index contributed by atoms with van der Waals surface area (Å²) in [5.74, 6) is 1.92. The smallest absolute Gasteiger partial charge is 0.180 e. The van der Waals surface area contributed by atoms with Gasteiger partial charge in [0.05, 0.1) is 5.69 Å². The number of nitrogens with two attached hydrogens (primary N) is 1. The Morgan fingerprint density at radius 1 is 1.27 bits per heavy atom. The Kier molecular flexibility index (Phi) is 2.32. The summed E-state index contributed by atoms with van der Waals surface area (Å²) in [5, 5.41) is 4.57. The van der Waals surface area contributed by atoms with Gasteiger partial charge in [0.25, 0.3) is 0 Å². The molecule has 0 saturated heterocycles. The lowest BCUT2D eigenvalue weighted by atomic mass is 10.4. The van der Waals surface area contributed by atoms with Crippen molar-refractivity contribution in [1.29, 1.82) is 0 Å². The molecule has 78 valence electrons. The van der Waals surface area contributed by atoms with E-state index < -0.39 is 0 Å². The standard InChI is InChI=1S/C9H10ClN5/c1-5-12-6(2)15(14-5)9-7(11)3-4-8(10)13-9/h3-4H,11H2,1-2H3. The van der Waals surface area contributed by atoms with Gasteiger partial charge in [-0.1, -0.05) is 11.6 Å². The van der Waals surface area contributed by atoms with Crippen LogP contribution in [0, 0.1) is 13.8 Å². The predicted molar refractivity (Wildman–Crippen MR) is 58.1 cm³/mol. The molecule has 0 spiro atoms. The number of aromatic nitrogens is 4. The molecule has 0 atom stereocenters. The van der Waals surface area contributed by atoms with Crippen molar-refractivity contribution in [3.63, 3.8) is 0 Å². The highest BCUT2D eigenvalue weighted by Gasteiger charge is 2.10. The maximum atomic E-state index is 5.80. The Bertz CT molecular complexity index is 505. The first-order chi connectivity index (χ1) is 7.08. The molecule has 0 aliphatic rings. The molecule has 0 bridgehead atoms. The molecule has 15 heavy (non-hydrogen) atoms. The molecular formula is C9H10ClN5. The van der Waals surface area contributed by atoms with E-state index in [1.54, 1.807) is 16.8 Å². The van der Waals surface area contributed by atoms with Crippen LogP contribution < -0.4 is 5.73 Å². The molecule has 0 fully saturated rings. The van der Waals surface area contributed by atoms with E-state index in [9.17, 15) is 0 Å². The van der Waals surface area contributed by atoms with Gasteiger partial charge in [-0.3, -0.25) is 0 Å². The van der Waals surface area contributed by atoms with Crippen LogP contribution >= 0.6 is 11.6 Å². The average Bonchev–Trinajstić information content (AvgIpc) is 2.50. The molecule has 0 unspecified atom stereocenters. The zero-order valence-corrected chi connectivity index (χ0v) is 9.15. The quantitative estimate of drug-likeness (QED) is 0.745. The molecule has 0 aromatic carbocycles. The van der Waals surface area contributed by atoms with Gasteiger partial charge in [-0.25, -0.2) is 9.97 Å². The molecule has 5 nitrogen and oxygen atoms in total. The number of hydrogen-bond acceptors (Lipinski definition) is 4. The van der Waals surface area contributed by atoms with Crippen molar-refractivity contribution in [2.45, 2.75) is 13.8 Å². The fraction of sp³-hybridized carbons (Fsp3) is 0.222. The van der Waals surface area contributed by atoms with Crippen LogP contribution in [0.1, 0.15) is 11.6 Å². The second-order valence-corrected chi connectivity index (χ2v) is 3.55. The Hall–Kier alpha value is -1.62. The minimum atomic E-state index is 0.381. The van der Waals surface area contributed by atoms with Crippen molar-refractivity contribution in [2.75, 3.05) is 5.73 Å². The molecular weight excluding hydrogens is 214 g/mol. The molecule has 0 radical (unpaired) electrons. The predicted octanol–water partition coefficient (Wildman–Crippen LogP) is 1.51. The normalized spacial score (nSPS) is 10.6. The monoisotopic (exact) mass is 223 g/mol. The molecule has 0 aliphatic heterocycles. The van der Waals surface area contributed by atoms with E-state index in [1.807, 2.05) is 13.8 Å². The Balaban J connectivity index is 2.62. The number of pyridine rings is 1. The molecule has 0 saturated carbocycles. The van der Waals surface area contributed by atoms with Gasteiger partial charge < -0.3 is 5.73 Å². The van der Waals surface area contributed by atoms with Gasteiger partial charge in [-0.2, -0.15) is 4.68 Å². The lowest BCUT2D eigenvalue weighted by molar-refractivity contribution is 0.806. The van der Waals surface area contributed by atoms with E-state index in [0.29, 0.717) is 22.5 Å². The fourth-order valence-corrected chi connectivity index (χ4v) is 1.47. The lowest BCUT2D eigenvalue weighted by Crippen LogP contribution is -2.06. The summed E-state index contributed by atoms with van der Waals surface area (Å²) in [6.45, 7) is 3.65. The van der Waals surface area contributed by atoms with Gasteiger partial charge in [0.15, 0.2) is 5.82 Å². The number of nitrogens with zero attached hydrogens (tertiary/aromatic N) is 4. The highest BCUT2D eigenvalue weighted by molar-refractivity contribution is 6.29. The number of hydrogen-bond donors (Lipinski definition) is 1. The first-order valence-electron chi connectivity index (χ1n) is 4.40.